The van der Waals surface area contributed by atoms with Gasteiger partial charge in [-0.1, -0.05) is 206 Å². The Morgan fingerprint density at radius 2 is 0.850 bits per heavy atom. The molecule has 0 aromatic carbocycles. The summed E-state index contributed by atoms with van der Waals surface area (Å²) in [6.45, 7) is 4.26. The minimum atomic E-state index is -4.62. The molecule has 0 fully saturated rings. The molecule has 0 aliphatic rings. The summed E-state index contributed by atoms with van der Waals surface area (Å²) in [5.74, 6) is -0.822. The summed E-state index contributed by atoms with van der Waals surface area (Å²) in [5.41, 5.74) is 0. The predicted octanol–water partition coefficient (Wildman–Crippen LogP) is 14.3. The lowest BCUT2D eigenvalue weighted by atomic mass is 10.0. The van der Waals surface area contributed by atoms with Crippen molar-refractivity contribution in [1.29, 1.82) is 0 Å². The average Bonchev–Trinajstić information content (AvgIpc) is 3.20. The van der Waals surface area contributed by atoms with E-state index in [9.17, 15) is 19.0 Å². The Kier molecular flexibility index (Phi) is 42.1. The van der Waals surface area contributed by atoms with E-state index in [1.54, 1.807) is 0 Å². The monoisotopic (exact) mass is 872 g/mol. The molecule has 1 unspecified atom stereocenters. The Labute approximate surface area is 371 Å². The van der Waals surface area contributed by atoms with Crippen LogP contribution in [0.25, 0.3) is 0 Å². The highest BCUT2D eigenvalue weighted by Crippen LogP contribution is 2.38. The number of unbranched alkanes of at least 4 members (excludes halogenated alkanes) is 31. The molecule has 0 amide bonds. The average molecular weight is 872 g/mol. The van der Waals surface area contributed by atoms with Crippen molar-refractivity contribution >= 4 is 19.8 Å². The van der Waals surface area contributed by atoms with Crippen LogP contribution in [0.15, 0.2) is 12.2 Å². The molecule has 0 radical (unpaired) electrons. The van der Waals surface area contributed by atoms with Gasteiger partial charge in [0.05, 0.1) is 27.7 Å². The molecule has 9 nitrogen and oxygen atoms in total. The highest BCUT2D eigenvalue weighted by atomic mass is 31.2. The van der Waals surface area contributed by atoms with Crippen molar-refractivity contribution in [2.24, 2.45) is 0 Å². The van der Waals surface area contributed by atoms with Crippen molar-refractivity contribution in [1.82, 2.24) is 0 Å². The number of allylic oxidation sites excluding steroid dienone is 2. The maximum atomic E-state index is 12.7. The van der Waals surface area contributed by atoms with Gasteiger partial charge in [0.25, 0.3) is 7.82 Å². The van der Waals surface area contributed by atoms with Gasteiger partial charge in [-0.15, -0.1) is 0 Å². The first-order valence-corrected chi connectivity index (χ1v) is 26.9. The number of phosphoric ester groups is 1. The highest BCUT2D eigenvalue weighted by Gasteiger charge is 2.21. The van der Waals surface area contributed by atoms with Crippen LogP contribution in [0.3, 0.4) is 0 Å². The van der Waals surface area contributed by atoms with Gasteiger partial charge in [-0.3, -0.25) is 14.2 Å². The molecule has 0 aliphatic heterocycles. The maximum absolute atomic E-state index is 12.7. The van der Waals surface area contributed by atoms with Crippen molar-refractivity contribution in [3.63, 3.8) is 0 Å². The lowest BCUT2D eigenvalue weighted by molar-refractivity contribution is -0.870. The Balaban J connectivity index is 4.22. The van der Waals surface area contributed by atoms with Crippen molar-refractivity contribution in [2.75, 3.05) is 47.5 Å². The second-order valence-corrected chi connectivity index (χ2v) is 20.0. The topological polar surface area (TPSA) is 111 Å². The fraction of sp³-hybridized carbons (Fsp3) is 0.920. The van der Waals surface area contributed by atoms with Gasteiger partial charge in [0.2, 0.25) is 0 Å². The summed E-state index contributed by atoms with van der Waals surface area (Å²) >= 11 is 0. The molecule has 0 bridgehead atoms. The number of likely N-dealkylation sites (N-methyl/N-ethyl adjacent to an activating group) is 1. The summed E-state index contributed by atoms with van der Waals surface area (Å²) in [5, 5.41) is 0. The van der Waals surface area contributed by atoms with Gasteiger partial charge in [0, 0.05) is 12.8 Å². The van der Waals surface area contributed by atoms with Gasteiger partial charge in [0.15, 0.2) is 6.10 Å². The zero-order chi connectivity index (χ0) is 44.3. The van der Waals surface area contributed by atoms with Gasteiger partial charge < -0.3 is 27.9 Å². The van der Waals surface area contributed by atoms with Gasteiger partial charge in [-0.05, 0) is 38.5 Å². The van der Waals surface area contributed by atoms with E-state index in [4.69, 9.17) is 18.5 Å². The van der Waals surface area contributed by atoms with Gasteiger partial charge in [0.1, 0.15) is 19.8 Å². The van der Waals surface area contributed by atoms with Crippen LogP contribution in [0, 0.1) is 0 Å². The molecular weight excluding hydrogens is 774 g/mol. The van der Waals surface area contributed by atoms with E-state index in [1.165, 1.54) is 173 Å². The minimum Gasteiger partial charge on any atom is -0.756 e. The molecule has 10 heteroatoms. The number of rotatable bonds is 47. The summed E-state index contributed by atoms with van der Waals surface area (Å²) in [6.07, 6.45) is 46.6. The van der Waals surface area contributed by atoms with Crippen molar-refractivity contribution < 1.29 is 42.1 Å². The number of carbonyl (C=O) groups is 2. The van der Waals surface area contributed by atoms with Gasteiger partial charge in [-0.25, -0.2) is 0 Å². The zero-order valence-electron chi connectivity index (χ0n) is 40.2. The van der Waals surface area contributed by atoms with Crippen LogP contribution >= 0.6 is 7.82 Å². The fourth-order valence-corrected chi connectivity index (χ4v) is 8.03. The summed E-state index contributed by atoms with van der Waals surface area (Å²) in [7, 11) is 1.18. The van der Waals surface area contributed by atoms with Crippen molar-refractivity contribution in [3.8, 4) is 0 Å². The van der Waals surface area contributed by atoms with Gasteiger partial charge >= 0.3 is 11.9 Å². The molecule has 0 N–H and O–H groups in total. The van der Waals surface area contributed by atoms with Crippen LogP contribution < -0.4 is 4.89 Å². The molecule has 0 heterocycles. The van der Waals surface area contributed by atoms with E-state index in [0.717, 1.165) is 38.5 Å². The third kappa shape index (κ3) is 46.3. The largest absolute Gasteiger partial charge is 0.756 e. The molecule has 0 aromatic heterocycles. The molecule has 0 aromatic rings. The third-order valence-corrected chi connectivity index (χ3v) is 12.2. The van der Waals surface area contributed by atoms with E-state index in [2.05, 4.69) is 26.0 Å². The lowest BCUT2D eigenvalue weighted by Crippen LogP contribution is -2.37. The fourth-order valence-electron chi connectivity index (χ4n) is 7.30. The van der Waals surface area contributed by atoms with E-state index in [1.807, 2.05) is 21.1 Å². The first-order chi connectivity index (χ1) is 29.0. The Morgan fingerprint density at radius 1 is 0.500 bits per heavy atom. The summed E-state index contributed by atoms with van der Waals surface area (Å²) in [6, 6.07) is 0. The number of esters is 2. The number of hydrogen-bond donors (Lipinski definition) is 0. The number of phosphoric acid groups is 1. The molecular formula is C50H98NO8P. The first-order valence-electron chi connectivity index (χ1n) is 25.4. The maximum Gasteiger partial charge on any atom is 0.306 e. The van der Waals surface area contributed by atoms with Crippen LogP contribution in [0.2, 0.25) is 0 Å². The van der Waals surface area contributed by atoms with Crippen LogP contribution in [-0.2, 0) is 32.7 Å². The number of quaternary nitrogens is 1. The normalized spacial score (nSPS) is 13.5. The second kappa shape index (κ2) is 43.0. The minimum absolute atomic E-state index is 0.0277. The Morgan fingerprint density at radius 3 is 1.25 bits per heavy atom. The molecule has 0 saturated heterocycles. The number of ether oxygens (including phenoxy) is 2. The summed E-state index contributed by atoms with van der Waals surface area (Å²) in [4.78, 5) is 37.7. The zero-order valence-corrected chi connectivity index (χ0v) is 41.1. The molecule has 0 spiro atoms. The quantitative estimate of drug-likeness (QED) is 0.0195. The van der Waals surface area contributed by atoms with Crippen LogP contribution in [0.1, 0.15) is 245 Å². The van der Waals surface area contributed by atoms with E-state index in [-0.39, 0.29) is 32.0 Å². The first kappa shape index (κ1) is 58.8. The van der Waals surface area contributed by atoms with Crippen LogP contribution in [0.4, 0.5) is 0 Å². The van der Waals surface area contributed by atoms with Crippen LogP contribution in [-0.4, -0.2) is 70.0 Å². The summed E-state index contributed by atoms with van der Waals surface area (Å²) < 4.78 is 34.0. The van der Waals surface area contributed by atoms with Gasteiger partial charge in [-0.2, -0.15) is 0 Å². The Bertz CT molecular complexity index is 1030. The van der Waals surface area contributed by atoms with Crippen molar-refractivity contribution in [2.45, 2.75) is 251 Å². The lowest BCUT2D eigenvalue weighted by Gasteiger charge is -2.28. The standard InChI is InChI=1S/C50H98NO8P/c1-6-8-10-12-14-16-18-20-22-24-25-27-28-30-32-34-36-38-40-42-49(52)56-46-48(47-58-60(54,55)57-45-44-51(3,4)5)59-50(53)43-41-39-37-35-33-31-29-26-23-21-19-17-15-13-11-9-7-2/h17,19,48H,6-16,18,20-47H2,1-5H3/b19-17+/t48-/m1/s1. The smallest absolute Gasteiger partial charge is 0.306 e. The van der Waals surface area contributed by atoms with E-state index in [0.29, 0.717) is 17.4 Å². The molecule has 356 valence electrons. The molecule has 2 atom stereocenters. The number of nitrogens with zero attached hydrogens (tertiary/aromatic N) is 1. The third-order valence-electron chi connectivity index (χ3n) is 11.3. The number of carbonyl (C=O) groups excluding carboxylic acids is 2. The van der Waals surface area contributed by atoms with E-state index >= 15 is 0 Å². The predicted molar refractivity (Wildman–Crippen MR) is 250 cm³/mol. The Hall–Kier alpha value is -1.25. The molecule has 0 rings (SSSR count). The number of hydrogen-bond acceptors (Lipinski definition) is 8. The van der Waals surface area contributed by atoms with E-state index < -0.39 is 26.5 Å². The molecule has 0 aliphatic carbocycles. The molecule has 60 heavy (non-hydrogen) atoms. The highest BCUT2D eigenvalue weighted by molar-refractivity contribution is 7.45. The van der Waals surface area contributed by atoms with Crippen molar-refractivity contribution in [3.05, 3.63) is 12.2 Å². The SMILES string of the molecule is CCCCCC/C=C/CCCCCCCCCCCC(=O)O[C@H](COC(=O)CCCCCCCCCCCCCCCCCCCCC)COP(=O)([O-])OCC[N+](C)(C)C. The second-order valence-electron chi connectivity index (χ2n) is 18.5. The molecule has 0 saturated carbocycles. The van der Waals surface area contributed by atoms with Crippen LogP contribution in [0.5, 0.6) is 0 Å².